The highest BCUT2D eigenvalue weighted by Crippen LogP contribution is 2.19. The first kappa shape index (κ1) is 16.3. The summed E-state index contributed by atoms with van der Waals surface area (Å²) in [4.78, 5) is 27.6. The Hall–Kier alpha value is -2.04. The third kappa shape index (κ3) is 4.23. The molecule has 5 heteroatoms. The van der Waals surface area contributed by atoms with Crippen LogP contribution in [0.3, 0.4) is 0 Å². The van der Waals surface area contributed by atoms with E-state index in [4.69, 9.17) is 0 Å². The van der Waals surface area contributed by atoms with Crippen molar-refractivity contribution in [3.63, 3.8) is 0 Å². The lowest BCUT2D eigenvalue weighted by Gasteiger charge is -2.21. The fraction of sp³-hybridized carbons (Fsp3) is 0.529. The number of carbonyl (C=O) groups is 2. The highest BCUT2D eigenvalue weighted by molar-refractivity contribution is 5.79. The molecule has 1 aliphatic rings. The van der Waals surface area contributed by atoms with Crippen molar-refractivity contribution in [1.82, 2.24) is 15.1 Å². The second-order valence-corrected chi connectivity index (χ2v) is 5.69. The van der Waals surface area contributed by atoms with E-state index in [0.29, 0.717) is 39.1 Å². The van der Waals surface area contributed by atoms with Crippen molar-refractivity contribution in [3.05, 3.63) is 35.9 Å². The molecule has 0 spiro atoms. The van der Waals surface area contributed by atoms with E-state index in [2.05, 4.69) is 5.32 Å². The monoisotopic (exact) mass is 303 g/mol. The van der Waals surface area contributed by atoms with Crippen LogP contribution in [0, 0.1) is 5.92 Å². The Morgan fingerprint density at radius 2 is 1.95 bits per heavy atom. The van der Waals surface area contributed by atoms with E-state index in [1.54, 1.807) is 4.90 Å². The second kappa shape index (κ2) is 7.82. The molecule has 1 unspecified atom stereocenters. The summed E-state index contributed by atoms with van der Waals surface area (Å²) in [7, 11) is 0. The molecule has 0 saturated carbocycles. The van der Waals surface area contributed by atoms with Crippen LogP contribution in [0.15, 0.2) is 30.3 Å². The summed E-state index contributed by atoms with van der Waals surface area (Å²) in [5.41, 5.74) is 1.14. The van der Waals surface area contributed by atoms with Crippen LogP contribution in [0.25, 0.3) is 0 Å². The van der Waals surface area contributed by atoms with Gasteiger partial charge in [0.2, 0.25) is 5.91 Å². The maximum absolute atomic E-state index is 12.1. The summed E-state index contributed by atoms with van der Waals surface area (Å²) in [6.07, 6.45) is 0.519. The molecule has 5 nitrogen and oxygen atoms in total. The molecule has 0 aliphatic carbocycles. The van der Waals surface area contributed by atoms with E-state index >= 15 is 0 Å². The molecule has 3 amide bonds. The normalized spacial score (nSPS) is 17.6. The topological polar surface area (TPSA) is 52.7 Å². The Labute approximate surface area is 132 Å². The van der Waals surface area contributed by atoms with Crippen LogP contribution in [-0.2, 0) is 11.3 Å². The number of hydrogen-bond acceptors (Lipinski definition) is 2. The first-order chi connectivity index (χ1) is 10.6. The molecule has 1 atom stereocenters. The fourth-order valence-corrected chi connectivity index (χ4v) is 2.80. The maximum atomic E-state index is 12.1. The van der Waals surface area contributed by atoms with E-state index in [0.717, 1.165) is 5.56 Å². The molecule has 0 radical (unpaired) electrons. The van der Waals surface area contributed by atoms with E-state index < -0.39 is 0 Å². The van der Waals surface area contributed by atoms with Gasteiger partial charge in [-0.1, -0.05) is 30.3 Å². The molecule has 1 heterocycles. The van der Waals surface area contributed by atoms with Crippen LogP contribution in [0.2, 0.25) is 0 Å². The highest BCUT2D eigenvalue weighted by atomic mass is 16.2. The quantitative estimate of drug-likeness (QED) is 0.875. The molecular formula is C17H25N3O2. The summed E-state index contributed by atoms with van der Waals surface area (Å²) in [5, 5.41) is 2.94. The van der Waals surface area contributed by atoms with E-state index in [1.165, 1.54) is 0 Å². The lowest BCUT2D eigenvalue weighted by Crippen LogP contribution is -2.41. The zero-order valence-electron chi connectivity index (χ0n) is 13.4. The Bertz CT molecular complexity index is 500. The van der Waals surface area contributed by atoms with Crippen LogP contribution in [-0.4, -0.2) is 47.9 Å². The van der Waals surface area contributed by atoms with Gasteiger partial charge in [-0.05, 0) is 19.4 Å². The summed E-state index contributed by atoms with van der Waals surface area (Å²) >= 11 is 0. The highest BCUT2D eigenvalue weighted by Gasteiger charge is 2.29. The fourth-order valence-electron chi connectivity index (χ4n) is 2.80. The van der Waals surface area contributed by atoms with Crippen LogP contribution in [0.5, 0.6) is 0 Å². The number of urea groups is 1. The maximum Gasteiger partial charge on any atom is 0.317 e. The Morgan fingerprint density at radius 3 is 2.59 bits per heavy atom. The number of carbonyl (C=O) groups excluding carboxylic acids is 2. The molecule has 2 rings (SSSR count). The smallest absolute Gasteiger partial charge is 0.317 e. The van der Waals surface area contributed by atoms with Gasteiger partial charge in [-0.3, -0.25) is 4.79 Å². The van der Waals surface area contributed by atoms with Gasteiger partial charge in [0.1, 0.15) is 0 Å². The van der Waals surface area contributed by atoms with Crippen LogP contribution in [0.1, 0.15) is 25.8 Å². The van der Waals surface area contributed by atoms with Gasteiger partial charge in [-0.15, -0.1) is 0 Å². The minimum atomic E-state index is -0.0426. The van der Waals surface area contributed by atoms with Gasteiger partial charge < -0.3 is 15.1 Å². The van der Waals surface area contributed by atoms with Gasteiger partial charge in [0.25, 0.3) is 0 Å². The zero-order chi connectivity index (χ0) is 15.9. The largest absolute Gasteiger partial charge is 0.338 e. The Morgan fingerprint density at radius 1 is 1.27 bits per heavy atom. The van der Waals surface area contributed by atoms with Crippen molar-refractivity contribution < 1.29 is 9.59 Å². The zero-order valence-corrected chi connectivity index (χ0v) is 13.4. The van der Waals surface area contributed by atoms with Gasteiger partial charge in [0, 0.05) is 45.1 Å². The van der Waals surface area contributed by atoms with Gasteiger partial charge >= 0.3 is 6.03 Å². The number of nitrogens with one attached hydrogen (secondary N) is 1. The molecule has 1 aliphatic heterocycles. The van der Waals surface area contributed by atoms with Gasteiger partial charge in [0.05, 0.1) is 0 Å². The summed E-state index contributed by atoms with van der Waals surface area (Å²) in [6.45, 7) is 7.25. The van der Waals surface area contributed by atoms with E-state index in [9.17, 15) is 9.59 Å². The lowest BCUT2D eigenvalue weighted by molar-refractivity contribution is -0.128. The molecule has 22 heavy (non-hydrogen) atoms. The Kier molecular flexibility index (Phi) is 5.81. The number of amides is 3. The van der Waals surface area contributed by atoms with Crippen LogP contribution >= 0.6 is 0 Å². The third-order valence-electron chi connectivity index (χ3n) is 4.10. The number of likely N-dealkylation sites (tertiary alicyclic amines) is 1. The van der Waals surface area contributed by atoms with E-state index in [1.807, 2.05) is 49.1 Å². The van der Waals surface area contributed by atoms with Crippen molar-refractivity contribution in [3.8, 4) is 0 Å². The van der Waals surface area contributed by atoms with Crippen LogP contribution < -0.4 is 5.32 Å². The average Bonchev–Trinajstić information content (AvgIpc) is 2.87. The molecule has 0 bridgehead atoms. The summed E-state index contributed by atoms with van der Waals surface area (Å²) in [5.74, 6) is 0.377. The van der Waals surface area contributed by atoms with Crippen molar-refractivity contribution in [2.75, 3.05) is 26.2 Å². The van der Waals surface area contributed by atoms with Gasteiger partial charge in [-0.25, -0.2) is 4.79 Å². The third-order valence-corrected chi connectivity index (χ3v) is 4.10. The predicted octanol–water partition coefficient (Wildman–Crippen LogP) is 2.09. The average molecular weight is 303 g/mol. The summed E-state index contributed by atoms with van der Waals surface area (Å²) < 4.78 is 0. The number of hydrogen-bond donors (Lipinski definition) is 1. The first-order valence-electron chi connectivity index (χ1n) is 7.98. The standard InChI is InChI=1S/C17H25N3O2/c1-3-19(4-2)17(22)18-11-15-10-16(21)20(13-15)12-14-8-6-5-7-9-14/h5-9,15H,3-4,10-13H2,1-2H3,(H,18,22). The molecule has 0 aromatic heterocycles. The summed E-state index contributed by atoms with van der Waals surface area (Å²) in [6, 6.07) is 9.96. The number of nitrogens with zero attached hydrogens (tertiary/aromatic N) is 2. The first-order valence-corrected chi connectivity index (χ1v) is 7.98. The molecule has 1 N–H and O–H groups in total. The second-order valence-electron chi connectivity index (χ2n) is 5.69. The van der Waals surface area contributed by atoms with Gasteiger partial charge in [0.15, 0.2) is 0 Å². The predicted molar refractivity (Wildman–Crippen MR) is 86.3 cm³/mol. The minimum absolute atomic E-state index is 0.0426. The molecule has 1 aromatic carbocycles. The lowest BCUT2D eigenvalue weighted by atomic mass is 10.1. The molecule has 1 fully saturated rings. The minimum Gasteiger partial charge on any atom is -0.338 e. The van der Waals surface area contributed by atoms with Crippen molar-refractivity contribution >= 4 is 11.9 Å². The van der Waals surface area contributed by atoms with Crippen molar-refractivity contribution in [1.29, 1.82) is 0 Å². The van der Waals surface area contributed by atoms with Crippen LogP contribution in [0.4, 0.5) is 4.79 Å². The molecular weight excluding hydrogens is 278 g/mol. The SMILES string of the molecule is CCN(CC)C(=O)NCC1CC(=O)N(Cc2ccccc2)C1. The van der Waals surface area contributed by atoms with E-state index in [-0.39, 0.29) is 17.9 Å². The molecule has 1 aromatic rings. The Balaban J connectivity index is 1.81. The molecule has 1 saturated heterocycles. The number of benzene rings is 1. The number of rotatable bonds is 6. The van der Waals surface area contributed by atoms with Gasteiger partial charge in [-0.2, -0.15) is 0 Å². The molecule has 120 valence electrons. The van der Waals surface area contributed by atoms with Crippen molar-refractivity contribution in [2.24, 2.45) is 5.92 Å². The van der Waals surface area contributed by atoms with Crippen molar-refractivity contribution in [2.45, 2.75) is 26.8 Å².